The number of imidazole rings is 1. The number of carbonyl (C=O) groups is 1. The van der Waals surface area contributed by atoms with E-state index < -0.39 is 6.10 Å². The molecule has 5 nitrogen and oxygen atoms in total. The Morgan fingerprint density at radius 3 is 2.46 bits per heavy atom. The minimum Gasteiger partial charge on any atom is -0.481 e. The lowest BCUT2D eigenvalue weighted by Crippen LogP contribution is -2.35. The van der Waals surface area contributed by atoms with Gasteiger partial charge in [-0.1, -0.05) is 42.0 Å². The number of hydrogen-bond acceptors (Lipinski definition) is 3. The molecule has 0 bridgehead atoms. The fourth-order valence-electron chi connectivity index (χ4n) is 2.56. The van der Waals surface area contributed by atoms with Crippen LogP contribution < -0.4 is 10.1 Å². The largest absolute Gasteiger partial charge is 0.481 e. The van der Waals surface area contributed by atoms with Crippen LogP contribution in [0.4, 0.5) is 0 Å². The Balaban J connectivity index is 1.48. The molecule has 0 radical (unpaired) electrons. The van der Waals surface area contributed by atoms with Gasteiger partial charge in [0.05, 0.1) is 6.33 Å². The minimum absolute atomic E-state index is 0.131. The van der Waals surface area contributed by atoms with Crippen molar-refractivity contribution < 1.29 is 9.53 Å². The van der Waals surface area contributed by atoms with Gasteiger partial charge in [0.2, 0.25) is 0 Å². The van der Waals surface area contributed by atoms with Gasteiger partial charge >= 0.3 is 0 Å². The van der Waals surface area contributed by atoms with E-state index in [-0.39, 0.29) is 5.91 Å². The molecule has 0 saturated carbocycles. The summed E-state index contributed by atoms with van der Waals surface area (Å²) in [7, 11) is 0. The zero-order valence-corrected chi connectivity index (χ0v) is 15.1. The average Bonchev–Trinajstić information content (AvgIpc) is 3.16. The molecule has 3 aromatic rings. The van der Waals surface area contributed by atoms with Crippen molar-refractivity contribution in [2.24, 2.45) is 0 Å². The zero-order chi connectivity index (χ0) is 18.4. The topological polar surface area (TPSA) is 56.1 Å². The SMILES string of the molecule is Cc1ccc(O[C@H](C)C(=O)NCc2ccc(Cn3ccnc3)cc2)cc1. The summed E-state index contributed by atoms with van der Waals surface area (Å²) < 4.78 is 7.69. The highest BCUT2D eigenvalue weighted by Crippen LogP contribution is 2.13. The van der Waals surface area contributed by atoms with Crippen LogP contribution in [0.2, 0.25) is 0 Å². The molecule has 0 spiro atoms. The number of aryl methyl sites for hydroxylation is 1. The van der Waals surface area contributed by atoms with Crippen LogP contribution in [0.25, 0.3) is 0 Å². The molecule has 0 aliphatic carbocycles. The number of aromatic nitrogens is 2. The summed E-state index contributed by atoms with van der Waals surface area (Å²) in [6.07, 6.45) is 4.95. The zero-order valence-electron chi connectivity index (χ0n) is 15.1. The average molecular weight is 349 g/mol. The molecule has 1 aromatic heterocycles. The molecule has 26 heavy (non-hydrogen) atoms. The quantitative estimate of drug-likeness (QED) is 0.712. The Bertz CT molecular complexity index is 825. The van der Waals surface area contributed by atoms with Crippen LogP contribution in [0.1, 0.15) is 23.6 Å². The number of rotatable bonds is 7. The maximum absolute atomic E-state index is 12.2. The first-order chi connectivity index (χ1) is 12.6. The van der Waals surface area contributed by atoms with Crippen LogP contribution in [0, 0.1) is 6.92 Å². The van der Waals surface area contributed by atoms with Crippen LogP contribution >= 0.6 is 0 Å². The minimum atomic E-state index is -0.543. The van der Waals surface area contributed by atoms with E-state index in [4.69, 9.17) is 4.74 Å². The van der Waals surface area contributed by atoms with Crippen molar-refractivity contribution in [1.29, 1.82) is 0 Å². The highest BCUT2D eigenvalue weighted by molar-refractivity contribution is 5.80. The van der Waals surface area contributed by atoms with E-state index in [2.05, 4.69) is 22.4 Å². The third kappa shape index (κ3) is 4.96. The summed E-state index contributed by atoms with van der Waals surface area (Å²) in [6, 6.07) is 15.9. The summed E-state index contributed by atoms with van der Waals surface area (Å²) in [5, 5.41) is 2.92. The number of nitrogens with zero attached hydrogens (tertiary/aromatic N) is 2. The lowest BCUT2D eigenvalue weighted by atomic mass is 10.1. The summed E-state index contributed by atoms with van der Waals surface area (Å²) in [4.78, 5) is 16.3. The van der Waals surface area contributed by atoms with Crippen molar-refractivity contribution in [2.75, 3.05) is 0 Å². The van der Waals surface area contributed by atoms with E-state index in [0.29, 0.717) is 12.3 Å². The standard InChI is InChI=1S/C21H23N3O2/c1-16-3-9-20(10-4-16)26-17(2)21(25)23-13-18-5-7-19(8-6-18)14-24-12-11-22-15-24/h3-12,15,17H,13-14H2,1-2H3,(H,23,25)/t17-/m1/s1. The van der Waals surface area contributed by atoms with E-state index in [9.17, 15) is 4.79 Å². The van der Waals surface area contributed by atoms with Crippen molar-refractivity contribution in [2.45, 2.75) is 33.0 Å². The van der Waals surface area contributed by atoms with E-state index >= 15 is 0 Å². The van der Waals surface area contributed by atoms with Gasteiger partial charge in [0, 0.05) is 25.5 Å². The van der Waals surface area contributed by atoms with Crippen LogP contribution in [-0.4, -0.2) is 21.6 Å². The van der Waals surface area contributed by atoms with Gasteiger partial charge in [0.25, 0.3) is 5.91 Å². The second-order valence-electron chi connectivity index (χ2n) is 6.34. The molecule has 0 aliphatic heterocycles. The molecule has 0 aliphatic rings. The number of carbonyl (C=O) groups excluding carboxylic acids is 1. The van der Waals surface area contributed by atoms with Crippen LogP contribution in [-0.2, 0) is 17.9 Å². The van der Waals surface area contributed by atoms with Gasteiger partial charge < -0.3 is 14.6 Å². The monoisotopic (exact) mass is 349 g/mol. The van der Waals surface area contributed by atoms with Crippen molar-refractivity contribution >= 4 is 5.91 Å². The predicted octanol–water partition coefficient (Wildman–Crippen LogP) is 3.32. The van der Waals surface area contributed by atoms with E-state index in [0.717, 1.165) is 17.7 Å². The number of amides is 1. The molecule has 1 amide bonds. The van der Waals surface area contributed by atoms with E-state index in [1.165, 1.54) is 5.56 Å². The Labute approximate surface area is 153 Å². The maximum Gasteiger partial charge on any atom is 0.261 e. The summed E-state index contributed by atoms with van der Waals surface area (Å²) in [5.41, 5.74) is 3.40. The van der Waals surface area contributed by atoms with E-state index in [1.807, 2.05) is 54.1 Å². The van der Waals surface area contributed by atoms with Gasteiger partial charge in [-0.25, -0.2) is 4.98 Å². The van der Waals surface area contributed by atoms with Gasteiger partial charge in [-0.3, -0.25) is 4.79 Å². The Morgan fingerprint density at radius 1 is 1.12 bits per heavy atom. The van der Waals surface area contributed by atoms with Gasteiger partial charge in [0.1, 0.15) is 5.75 Å². The smallest absolute Gasteiger partial charge is 0.261 e. The van der Waals surface area contributed by atoms with Gasteiger partial charge in [-0.05, 0) is 37.1 Å². The second kappa shape index (κ2) is 8.34. The number of hydrogen-bond donors (Lipinski definition) is 1. The second-order valence-corrected chi connectivity index (χ2v) is 6.34. The normalized spacial score (nSPS) is 11.8. The Morgan fingerprint density at radius 2 is 1.81 bits per heavy atom. The molecule has 3 rings (SSSR count). The molecule has 1 heterocycles. The van der Waals surface area contributed by atoms with Crippen molar-refractivity contribution in [3.8, 4) is 5.75 Å². The van der Waals surface area contributed by atoms with Crippen molar-refractivity contribution in [3.05, 3.63) is 83.9 Å². The highest BCUT2D eigenvalue weighted by atomic mass is 16.5. The van der Waals surface area contributed by atoms with Crippen LogP contribution in [0.15, 0.2) is 67.3 Å². The molecular weight excluding hydrogens is 326 g/mol. The molecule has 0 saturated heterocycles. The van der Waals surface area contributed by atoms with Crippen molar-refractivity contribution in [1.82, 2.24) is 14.9 Å². The lowest BCUT2D eigenvalue weighted by Gasteiger charge is -2.15. The van der Waals surface area contributed by atoms with Crippen LogP contribution in [0.5, 0.6) is 5.75 Å². The molecule has 1 atom stereocenters. The highest BCUT2D eigenvalue weighted by Gasteiger charge is 2.14. The Hall–Kier alpha value is -3.08. The molecular formula is C21H23N3O2. The van der Waals surface area contributed by atoms with Gasteiger partial charge in [-0.2, -0.15) is 0 Å². The summed E-state index contributed by atoms with van der Waals surface area (Å²) in [5.74, 6) is 0.565. The summed E-state index contributed by atoms with van der Waals surface area (Å²) >= 11 is 0. The first-order valence-electron chi connectivity index (χ1n) is 8.65. The number of ether oxygens (including phenoxy) is 1. The van der Waals surface area contributed by atoms with Crippen molar-refractivity contribution in [3.63, 3.8) is 0 Å². The van der Waals surface area contributed by atoms with Gasteiger partial charge in [0.15, 0.2) is 6.10 Å². The first-order valence-corrected chi connectivity index (χ1v) is 8.65. The maximum atomic E-state index is 12.2. The lowest BCUT2D eigenvalue weighted by molar-refractivity contribution is -0.127. The van der Waals surface area contributed by atoms with Crippen LogP contribution in [0.3, 0.4) is 0 Å². The third-order valence-electron chi connectivity index (χ3n) is 4.12. The molecule has 0 fully saturated rings. The molecule has 1 N–H and O–H groups in total. The fourth-order valence-corrected chi connectivity index (χ4v) is 2.56. The predicted molar refractivity (Wildman–Crippen MR) is 101 cm³/mol. The molecule has 5 heteroatoms. The van der Waals surface area contributed by atoms with Gasteiger partial charge in [-0.15, -0.1) is 0 Å². The van der Waals surface area contributed by atoms with E-state index in [1.54, 1.807) is 19.4 Å². The third-order valence-corrected chi connectivity index (χ3v) is 4.12. The number of benzene rings is 2. The molecule has 0 unspecified atom stereocenters. The fraction of sp³-hybridized carbons (Fsp3) is 0.238. The first kappa shape index (κ1) is 17.7. The molecule has 134 valence electrons. The summed E-state index contributed by atoms with van der Waals surface area (Å²) in [6.45, 7) is 5.03. The Kier molecular flexibility index (Phi) is 5.69. The number of nitrogens with one attached hydrogen (secondary N) is 1. The molecule has 2 aromatic carbocycles.